The molecule has 0 aliphatic heterocycles. The van der Waals surface area contributed by atoms with E-state index in [-0.39, 0.29) is 6.61 Å². The smallest absolute Gasteiger partial charge is 0.0991 e. The Labute approximate surface area is 82.2 Å². The third-order valence-corrected chi connectivity index (χ3v) is 2.57. The quantitative estimate of drug-likeness (QED) is 0.741. The Morgan fingerprint density at radius 2 is 2.31 bits per heavy atom. The van der Waals surface area contributed by atoms with Crippen molar-refractivity contribution in [2.45, 2.75) is 5.75 Å². The fraction of sp³-hybridized carbons (Fsp3) is 0.300. The van der Waals surface area contributed by atoms with Crippen LogP contribution in [0.15, 0.2) is 24.3 Å². The first-order valence-corrected chi connectivity index (χ1v) is 5.20. The molecule has 0 aliphatic rings. The summed E-state index contributed by atoms with van der Waals surface area (Å²) in [6, 6.07) is 9.64. The van der Waals surface area contributed by atoms with Crippen LogP contribution in [0.5, 0.6) is 0 Å². The number of benzene rings is 1. The molecule has 0 saturated heterocycles. The minimum Gasteiger partial charge on any atom is -0.396 e. The van der Waals surface area contributed by atoms with Crippen LogP contribution in [0.25, 0.3) is 0 Å². The lowest BCUT2D eigenvalue weighted by Crippen LogP contribution is -1.88. The summed E-state index contributed by atoms with van der Waals surface area (Å²) in [4.78, 5) is 0. The molecule has 1 N–H and O–H groups in total. The Bertz CT molecular complexity index is 306. The highest BCUT2D eigenvalue weighted by molar-refractivity contribution is 7.98. The first kappa shape index (κ1) is 10.1. The number of aliphatic hydroxyl groups excluding tert-OH is 1. The Morgan fingerprint density at radius 3 is 3.00 bits per heavy atom. The molecule has 0 spiro atoms. The molecule has 0 saturated carbocycles. The normalized spacial score (nSPS) is 9.54. The first-order valence-electron chi connectivity index (χ1n) is 4.04. The van der Waals surface area contributed by atoms with Gasteiger partial charge in [0.15, 0.2) is 0 Å². The number of thioether (sulfide) groups is 1. The van der Waals surface area contributed by atoms with Crippen molar-refractivity contribution in [1.82, 2.24) is 0 Å². The monoisotopic (exact) mass is 193 g/mol. The third kappa shape index (κ3) is 3.49. The lowest BCUT2D eigenvalue weighted by Gasteiger charge is -1.99. The second kappa shape index (κ2) is 5.63. The van der Waals surface area contributed by atoms with E-state index in [0.29, 0.717) is 5.56 Å². The average molecular weight is 193 g/mol. The summed E-state index contributed by atoms with van der Waals surface area (Å²) in [5.41, 5.74) is 1.83. The van der Waals surface area contributed by atoms with Crippen molar-refractivity contribution < 1.29 is 5.11 Å². The summed E-state index contributed by atoms with van der Waals surface area (Å²) in [5, 5.41) is 17.2. The molecule has 1 aromatic rings. The van der Waals surface area contributed by atoms with Crippen molar-refractivity contribution in [2.24, 2.45) is 0 Å². The number of hydrogen-bond donors (Lipinski definition) is 1. The molecule has 1 rings (SSSR count). The minimum atomic E-state index is 0.211. The summed E-state index contributed by atoms with van der Waals surface area (Å²) in [6.07, 6.45) is 0. The molecule has 0 aliphatic carbocycles. The molecule has 13 heavy (non-hydrogen) atoms. The third-order valence-electron chi connectivity index (χ3n) is 1.56. The van der Waals surface area contributed by atoms with Crippen LogP contribution in [-0.4, -0.2) is 17.5 Å². The van der Waals surface area contributed by atoms with Gasteiger partial charge in [-0.05, 0) is 17.7 Å². The van der Waals surface area contributed by atoms with Gasteiger partial charge in [-0.25, -0.2) is 0 Å². The Balaban J connectivity index is 2.52. The van der Waals surface area contributed by atoms with Gasteiger partial charge >= 0.3 is 0 Å². The van der Waals surface area contributed by atoms with E-state index in [0.717, 1.165) is 17.1 Å². The predicted molar refractivity (Wildman–Crippen MR) is 54.4 cm³/mol. The van der Waals surface area contributed by atoms with E-state index in [9.17, 15) is 0 Å². The van der Waals surface area contributed by atoms with E-state index >= 15 is 0 Å². The molecule has 0 radical (unpaired) electrons. The van der Waals surface area contributed by atoms with E-state index in [1.165, 1.54) is 0 Å². The maximum absolute atomic E-state index is 8.64. The molecule has 68 valence electrons. The fourth-order valence-corrected chi connectivity index (χ4v) is 1.67. The lowest BCUT2D eigenvalue weighted by atomic mass is 10.2. The standard InChI is InChI=1S/C10H11NOS/c11-7-9-2-1-3-10(6-9)8-13-5-4-12/h1-3,6,12H,4-5,8H2. The second-order valence-corrected chi connectivity index (χ2v) is 3.69. The van der Waals surface area contributed by atoms with Crippen molar-refractivity contribution in [1.29, 1.82) is 5.26 Å². The molecule has 0 fully saturated rings. The zero-order valence-electron chi connectivity index (χ0n) is 7.23. The zero-order valence-corrected chi connectivity index (χ0v) is 8.05. The predicted octanol–water partition coefficient (Wildman–Crippen LogP) is 1.78. The van der Waals surface area contributed by atoms with Crippen molar-refractivity contribution >= 4 is 11.8 Å². The van der Waals surface area contributed by atoms with Crippen LogP contribution in [0, 0.1) is 11.3 Å². The van der Waals surface area contributed by atoms with Crippen LogP contribution in [0.2, 0.25) is 0 Å². The van der Waals surface area contributed by atoms with E-state index in [2.05, 4.69) is 6.07 Å². The first-order chi connectivity index (χ1) is 6.36. The zero-order chi connectivity index (χ0) is 9.52. The van der Waals surface area contributed by atoms with Gasteiger partial charge in [-0.2, -0.15) is 17.0 Å². The highest BCUT2D eigenvalue weighted by atomic mass is 32.2. The molecule has 1 aromatic carbocycles. The van der Waals surface area contributed by atoms with E-state index < -0.39 is 0 Å². The average Bonchev–Trinajstić information content (AvgIpc) is 2.19. The molecule has 0 amide bonds. The van der Waals surface area contributed by atoms with Crippen LogP contribution in [0.4, 0.5) is 0 Å². The van der Waals surface area contributed by atoms with Crippen molar-refractivity contribution in [3.05, 3.63) is 35.4 Å². The van der Waals surface area contributed by atoms with Gasteiger partial charge in [0.25, 0.3) is 0 Å². The number of aliphatic hydroxyl groups is 1. The largest absolute Gasteiger partial charge is 0.396 e. The summed E-state index contributed by atoms with van der Waals surface area (Å²) >= 11 is 1.67. The molecule has 2 nitrogen and oxygen atoms in total. The van der Waals surface area contributed by atoms with Gasteiger partial charge in [-0.1, -0.05) is 12.1 Å². The van der Waals surface area contributed by atoms with E-state index in [1.807, 2.05) is 18.2 Å². The Kier molecular flexibility index (Phi) is 4.37. The second-order valence-electron chi connectivity index (χ2n) is 2.59. The highest BCUT2D eigenvalue weighted by Gasteiger charge is 1.94. The van der Waals surface area contributed by atoms with Crippen LogP contribution in [0.1, 0.15) is 11.1 Å². The molecular formula is C10H11NOS. The Hall–Kier alpha value is -0.980. The van der Waals surface area contributed by atoms with Crippen LogP contribution in [-0.2, 0) is 5.75 Å². The Morgan fingerprint density at radius 1 is 1.46 bits per heavy atom. The molecule has 3 heteroatoms. The van der Waals surface area contributed by atoms with Crippen LogP contribution in [0.3, 0.4) is 0 Å². The van der Waals surface area contributed by atoms with Crippen molar-refractivity contribution in [3.8, 4) is 6.07 Å². The molecule has 0 aromatic heterocycles. The molecule has 0 unspecified atom stereocenters. The molecule has 0 bridgehead atoms. The number of hydrogen-bond acceptors (Lipinski definition) is 3. The summed E-state index contributed by atoms with van der Waals surface area (Å²) in [6.45, 7) is 0.211. The van der Waals surface area contributed by atoms with Gasteiger partial charge in [-0.3, -0.25) is 0 Å². The topological polar surface area (TPSA) is 44.0 Å². The number of rotatable bonds is 4. The highest BCUT2D eigenvalue weighted by Crippen LogP contribution is 2.12. The van der Waals surface area contributed by atoms with Gasteiger partial charge in [0, 0.05) is 11.5 Å². The molecule has 0 heterocycles. The summed E-state index contributed by atoms with van der Waals surface area (Å²) < 4.78 is 0. The number of nitriles is 1. The molecular weight excluding hydrogens is 182 g/mol. The SMILES string of the molecule is N#Cc1cccc(CSCCO)c1. The maximum atomic E-state index is 8.64. The van der Waals surface area contributed by atoms with Crippen molar-refractivity contribution in [3.63, 3.8) is 0 Å². The number of nitrogens with zero attached hydrogens (tertiary/aromatic N) is 1. The fourth-order valence-electron chi connectivity index (χ4n) is 0.985. The van der Waals surface area contributed by atoms with Gasteiger partial charge < -0.3 is 5.11 Å². The molecule has 0 atom stereocenters. The lowest BCUT2D eigenvalue weighted by molar-refractivity contribution is 0.322. The summed E-state index contributed by atoms with van der Waals surface area (Å²) in [5.74, 6) is 1.60. The van der Waals surface area contributed by atoms with Crippen LogP contribution < -0.4 is 0 Å². The minimum absolute atomic E-state index is 0.211. The van der Waals surface area contributed by atoms with Gasteiger partial charge in [0.05, 0.1) is 18.2 Å². The van der Waals surface area contributed by atoms with Crippen molar-refractivity contribution in [2.75, 3.05) is 12.4 Å². The maximum Gasteiger partial charge on any atom is 0.0991 e. The van der Waals surface area contributed by atoms with Gasteiger partial charge in [0.2, 0.25) is 0 Å². The van der Waals surface area contributed by atoms with Gasteiger partial charge in [0.1, 0.15) is 0 Å². The van der Waals surface area contributed by atoms with E-state index in [1.54, 1.807) is 17.8 Å². The van der Waals surface area contributed by atoms with Crippen LogP contribution >= 0.6 is 11.8 Å². The summed E-state index contributed by atoms with van der Waals surface area (Å²) in [7, 11) is 0. The van der Waals surface area contributed by atoms with Gasteiger partial charge in [-0.15, -0.1) is 0 Å². The van der Waals surface area contributed by atoms with E-state index in [4.69, 9.17) is 10.4 Å².